The Hall–Kier alpha value is -1.56. The molecule has 0 spiro atoms. The average molecular weight is 268 g/mol. The highest BCUT2D eigenvalue weighted by Gasteiger charge is 2.21. The zero-order chi connectivity index (χ0) is 13.7. The fraction of sp³-hybridized carbons (Fsp3) is 0.500. The molecule has 0 fully saturated rings. The first-order valence-corrected chi connectivity index (χ1v) is 6.66. The Kier molecular flexibility index (Phi) is 5.15. The summed E-state index contributed by atoms with van der Waals surface area (Å²) < 4.78 is 0. The van der Waals surface area contributed by atoms with Crippen LogP contribution in [0.4, 0.5) is 10.9 Å². The summed E-state index contributed by atoms with van der Waals surface area (Å²) in [6.45, 7) is 6.92. The van der Waals surface area contributed by atoms with E-state index < -0.39 is 0 Å². The average Bonchev–Trinajstić information content (AvgIpc) is 2.70. The molecule has 1 aromatic heterocycles. The van der Waals surface area contributed by atoms with E-state index in [2.05, 4.69) is 11.6 Å². The van der Waals surface area contributed by atoms with E-state index in [1.165, 1.54) is 11.3 Å². The standard InChI is InChI=1S/C12H20N4OS/c1-5-7-16(8-6-2)11(17)9-10(13)14-12(18-9)15(3)4/h5H,1,6-8,13H2,2-4H3. The number of rotatable bonds is 6. The Balaban J connectivity index is 2.96. The van der Waals surface area contributed by atoms with Gasteiger partial charge in [-0.3, -0.25) is 4.79 Å². The summed E-state index contributed by atoms with van der Waals surface area (Å²) in [6, 6.07) is 0. The third-order valence-electron chi connectivity index (χ3n) is 2.35. The fourth-order valence-electron chi connectivity index (χ4n) is 1.51. The molecule has 100 valence electrons. The Morgan fingerprint density at radius 2 is 2.22 bits per heavy atom. The summed E-state index contributed by atoms with van der Waals surface area (Å²) in [5.74, 6) is 0.235. The second-order valence-electron chi connectivity index (χ2n) is 4.15. The molecule has 0 radical (unpaired) electrons. The van der Waals surface area contributed by atoms with Gasteiger partial charge in [-0.1, -0.05) is 24.3 Å². The van der Waals surface area contributed by atoms with Gasteiger partial charge in [0.25, 0.3) is 5.91 Å². The van der Waals surface area contributed by atoms with Crippen molar-refractivity contribution in [3.05, 3.63) is 17.5 Å². The highest BCUT2D eigenvalue weighted by molar-refractivity contribution is 7.18. The third-order valence-corrected chi connectivity index (χ3v) is 3.58. The van der Waals surface area contributed by atoms with Crippen molar-refractivity contribution < 1.29 is 4.79 Å². The topological polar surface area (TPSA) is 62.5 Å². The quantitative estimate of drug-likeness (QED) is 0.800. The first-order chi connectivity index (χ1) is 8.51. The van der Waals surface area contributed by atoms with Gasteiger partial charge in [0.15, 0.2) is 5.13 Å². The number of carbonyl (C=O) groups excluding carboxylic acids is 1. The van der Waals surface area contributed by atoms with Crippen LogP contribution < -0.4 is 10.6 Å². The first kappa shape index (κ1) is 14.5. The number of aromatic nitrogens is 1. The normalized spacial score (nSPS) is 10.2. The molecule has 0 unspecified atom stereocenters. The Morgan fingerprint density at radius 1 is 1.56 bits per heavy atom. The van der Waals surface area contributed by atoms with E-state index >= 15 is 0 Å². The van der Waals surface area contributed by atoms with Crippen molar-refractivity contribution in [2.45, 2.75) is 13.3 Å². The van der Waals surface area contributed by atoms with Crippen molar-refractivity contribution in [1.82, 2.24) is 9.88 Å². The molecule has 1 rings (SSSR count). The second kappa shape index (κ2) is 6.39. The maximum atomic E-state index is 12.3. The molecule has 18 heavy (non-hydrogen) atoms. The Labute approximate surface area is 112 Å². The summed E-state index contributed by atoms with van der Waals surface area (Å²) in [6.07, 6.45) is 2.62. The molecule has 0 saturated heterocycles. The monoisotopic (exact) mass is 268 g/mol. The molecule has 1 aromatic rings. The molecule has 0 bridgehead atoms. The number of nitrogens with two attached hydrogens (primary N) is 1. The van der Waals surface area contributed by atoms with Crippen LogP contribution in [0.15, 0.2) is 12.7 Å². The van der Waals surface area contributed by atoms with Crippen molar-refractivity contribution in [3.8, 4) is 0 Å². The van der Waals surface area contributed by atoms with Gasteiger partial charge >= 0.3 is 0 Å². The van der Waals surface area contributed by atoms with E-state index in [0.717, 1.165) is 11.6 Å². The predicted molar refractivity (Wildman–Crippen MR) is 77.2 cm³/mol. The van der Waals surface area contributed by atoms with E-state index in [9.17, 15) is 4.79 Å². The van der Waals surface area contributed by atoms with Crippen LogP contribution in [0.5, 0.6) is 0 Å². The number of hydrogen-bond acceptors (Lipinski definition) is 5. The summed E-state index contributed by atoms with van der Waals surface area (Å²) in [4.78, 5) is 20.6. The number of carbonyl (C=O) groups is 1. The molecule has 0 atom stereocenters. The van der Waals surface area contributed by atoms with Crippen molar-refractivity contribution in [2.75, 3.05) is 37.8 Å². The molecule has 0 saturated carbocycles. The number of nitrogen functional groups attached to an aromatic ring is 1. The zero-order valence-electron chi connectivity index (χ0n) is 11.1. The lowest BCUT2D eigenvalue weighted by Crippen LogP contribution is -2.31. The van der Waals surface area contributed by atoms with Crippen LogP contribution in [0.25, 0.3) is 0 Å². The lowest BCUT2D eigenvalue weighted by atomic mass is 10.3. The van der Waals surface area contributed by atoms with Gasteiger partial charge in [-0.2, -0.15) is 0 Å². The molecule has 1 amide bonds. The lowest BCUT2D eigenvalue weighted by molar-refractivity contribution is 0.0779. The van der Waals surface area contributed by atoms with Crippen LogP contribution in [0.1, 0.15) is 23.0 Å². The maximum Gasteiger partial charge on any atom is 0.268 e. The van der Waals surface area contributed by atoms with Crippen LogP contribution in [-0.2, 0) is 0 Å². The number of amides is 1. The van der Waals surface area contributed by atoms with Gasteiger partial charge in [-0.25, -0.2) is 4.98 Å². The number of hydrogen-bond donors (Lipinski definition) is 1. The molecule has 6 heteroatoms. The predicted octanol–water partition coefficient (Wildman–Crippen LogP) is 1.83. The minimum Gasteiger partial charge on any atom is -0.382 e. The van der Waals surface area contributed by atoms with E-state index in [0.29, 0.717) is 23.8 Å². The smallest absolute Gasteiger partial charge is 0.268 e. The van der Waals surface area contributed by atoms with Gasteiger partial charge in [0.05, 0.1) is 0 Å². The summed E-state index contributed by atoms with van der Waals surface area (Å²) in [5, 5.41) is 0.742. The highest BCUT2D eigenvalue weighted by Crippen LogP contribution is 2.27. The van der Waals surface area contributed by atoms with Crippen LogP contribution in [0.2, 0.25) is 0 Å². The Bertz CT molecular complexity index is 428. The molecule has 0 aliphatic carbocycles. The number of anilines is 2. The van der Waals surface area contributed by atoms with E-state index in [4.69, 9.17) is 5.73 Å². The lowest BCUT2D eigenvalue weighted by Gasteiger charge is -2.19. The molecular formula is C12H20N4OS. The van der Waals surface area contributed by atoms with Crippen molar-refractivity contribution in [2.24, 2.45) is 0 Å². The summed E-state index contributed by atoms with van der Waals surface area (Å²) in [7, 11) is 3.75. The van der Waals surface area contributed by atoms with Crippen molar-refractivity contribution in [3.63, 3.8) is 0 Å². The molecular weight excluding hydrogens is 248 g/mol. The molecule has 2 N–H and O–H groups in total. The zero-order valence-corrected chi connectivity index (χ0v) is 12.0. The van der Waals surface area contributed by atoms with Gasteiger partial charge in [0.1, 0.15) is 10.7 Å². The van der Waals surface area contributed by atoms with Crippen LogP contribution >= 0.6 is 11.3 Å². The van der Waals surface area contributed by atoms with Crippen LogP contribution in [0, 0.1) is 0 Å². The molecule has 5 nitrogen and oxygen atoms in total. The highest BCUT2D eigenvalue weighted by atomic mass is 32.1. The first-order valence-electron chi connectivity index (χ1n) is 5.85. The summed E-state index contributed by atoms with van der Waals surface area (Å²) in [5.41, 5.74) is 5.81. The fourth-order valence-corrected chi connectivity index (χ4v) is 2.39. The van der Waals surface area contributed by atoms with Gasteiger partial charge < -0.3 is 15.5 Å². The van der Waals surface area contributed by atoms with Crippen molar-refractivity contribution in [1.29, 1.82) is 0 Å². The minimum atomic E-state index is -0.0696. The van der Waals surface area contributed by atoms with E-state index in [1.807, 2.05) is 25.9 Å². The van der Waals surface area contributed by atoms with Crippen LogP contribution in [0.3, 0.4) is 0 Å². The molecule has 0 aromatic carbocycles. The Morgan fingerprint density at radius 3 is 2.67 bits per heavy atom. The van der Waals surface area contributed by atoms with E-state index in [-0.39, 0.29) is 5.91 Å². The molecule has 1 heterocycles. The second-order valence-corrected chi connectivity index (χ2v) is 5.12. The van der Waals surface area contributed by atoms with Gasteiger partial charge in [0, 0.05) is 27.2 Å². The van der Waals surface area contributed by atoms with Gasteiger partial charge in [0.2, 0.25) is 0 Å². The maximum absolute atomic E-state index is 12.3. The van der Waals surface area contributed by atoms with E-state index in [1.54, 1.807) is 11.0 Å². The SMILES string of the molecule is C=CCN(CCC)C(=O)c1sc(N(C)C)nc1N. The van der Waals surface area contributed by atoms with Crippen molar-refractivity contribution >= 4 is 28.2 Å². The molecule has 0 aliphatic heterocycles. The largest absolute Gasteiger partial charge is 0.382 e. The number of nitrogens with zero attached hydrogens (tertiary/aromatic N) is 3. The van der Waals surface area contributed by atoms with Crippen LogP contribution in [-0.4, -0.2) is 43.0 Å². The number of thiazole rings is 1. The molecule has 0 aliphatic rings. The van der Waals surface area contributed by atoms with Gasteiger partial charge in [-0.05, 0) is 6.42 Å². The minimum absolute atomic E-state index is 0.0696. The summed E-state index contributed by atoms with van der Waals surface area (Å²) >= 11 is 1.32. The third kappa shape index (κ3) is 3.22. The van der Waals surface area contributed by atoms with Gasteiger partial charge in [-0.15, -0.1) is 6.58 Å².